The number of nitrogens with one attached hydrogen (secondary N) is 2. The van der Waals surface area contributed by atoms with E-state index in [4.69, 9.17) is 4.74 Å². The van der Waals surface area contributed by atoms with Crippen LogP contribution in [-0.2, 0) is 16.1 Å². The number of aromatic nitrogens is 2. The van der Waals surface area contributed by atoms with Crippen molar-refractivity contribution in [2.45, 2.75) is 51.7 Å². The van der Waals surface area contributed by atoms with Gasteiger partial charge in [0, 0.05) is 50.1 Å². The van der Waals surface area contributed by atoms with Crippen LogP contribution in [0, 0.1) is 5.82 Å². The molecule has 0 aliphatic carbocycles. The number of rotatable bonds is 8. The molecule has 0 radical (unpaired) electrons. The summed E-state index contributed by atoms with van der Waals surface area (Å²) in [4.78, 5) is 16.5. The van der Waals surface area contributed by atoms with E-state index in [9.17, 15) is 9.18 Å². The number of nitrogens with zero attached hydrogens (tertiary/aromatic N) is 2. The Kier molecular flexibility index (Phi) is 6.45. The lowest BCUT2D eigenvalue weighted by molar-refractivity contribution is -0.116. The van der Waals surface area contributed by atoms with Crippen LogP contribution in [0.2, 0.25) is 0 Å². The van der Waals surface area contributed by atoms with E-state index in [-0.39, 0.29) is 17.8 Å². The van der Waals surface area contributed by atoms with Gasteiger partial charge in [0.2, 0.25) is 5.91 Å². The van der Waals surface area contributed by atoms with E-state index in [0.717, 1.165) is 25.3 Å². The fourth-order valence-electron chi connectivity index (χ4n) is 3.22. The van der Waals surface area contributed by atoms with Gasteiger partial charge >= 0.3 is 0 Å². The van der Waals surface area contributed by atoms with Gasteiger partial charge in [0.15, 0.2) is 0 Å². The largest absolute Gasteiger partial charge is 0.380 e. The third-order valence-electron chi connectivity index (χ3n) is 4.64. The summed E-state index contributed by atoms with van der Waals surface area (Å²) in [5, 5.41) is 5.83. The Bertz CT molecular complexity index is 769. The molecule has 2 N–H and O–H groups in total. The molecule has 1 unspecified atom stereocenters. The van der Waals surface area contributed by atoms with Gasteiger partial charge in [-0.3, -0.25) is 4.79 Å². The van der Waals surface area contributed by atoms with Crippen molar-refractivity contribution >= 4 is 17.3 Å². The van der Waals surface area contributed by atoms with Gasteiger partial charge in [-0.05, 0) is 31.0 Å². The van der Waals surface area contributed by atoms with Gasteiger partial charge in [-0.2, -0.15) is 0 Å². The summed E-state index contributed by atoms with van der Waals surface area (Å²) in [6, 6.07) is 4.69. The summed E-state index contributed by atoms with van der Waals surface area (Å²) in [6.45, 7) is 6.04. The smallest absolute Gasteiger partial charge is 0.226 e. The molecule has 1 aliphatic heterocycles. The number of ether oxygens (including phenoxy) is 1. The van der Waals surface area contributed by atoms with Gasteiger partial charge in [0.1, 0.15) is 11.6 Å². The number of aryl methyl sites for hydroxylation is 1. The number of hydrogen-bond donors (Lipinski definition) is 2. The summed E-state index contributed by atoms with van der Waals surface area (Å²) >= 11 is 0. The Labute approximate surface area is 159 Å². The second-order valence-corrected chi connectivity index (χ2v) is 7.14. The van der Waals surface area contributed by atoms with Crippen LogP contribution in [0.15, 0.2) is 30.6 Å². The molecule has 3 rings (SSSR count). The summed E-state index contributed by atoms with van der Waals surface area (Å²) in [7, 11) is 0. The SMILES string of the molecule is CC(C)c1nccn1CCC(=O)Nc1ccc(NCC2CCCO2)c(F)c1. The highest BCUT2D eigenvalue weighted by Gasteiger charge is 2.16. The van der Waals surface area contributed by atoms with Crippen molar-refractivity contribution in [2.75, 3.05) is 23.8 Å². The minimum Gasteiger partial charge on any atom is -0.380 e. The number of hydrogen-bond acceptors (Lipinski definition) is 4. The van der Waals surface area contributed by atoms with Crippen LogP contribution in [0.5, 0.6) is 0 Å². The first kappa shape index (κ1) is 19.4. The highest BCUT2D eigenvalue weighted by Crippen LogP contribution is 2.21. The zero-order valence-corrected chi connectivity index (χ0v) is 15.9. The first-order chi connectivity index (χ1) is 13.0. The van der Waals surface area contributed by atoms with E-state index in [1.165, 1.54) is 6.07 Å². The number of imidazole rings is 1. The van der Waals surface area contributed by atoms with Crippen molar-refractivity contribution < 1.29 is 13.9 Å². The molecule has 0 spiro atoms. The number of amides is 1. The summed E-state index contributed by atoms with van der Waals surface area (Å²) in [5.41, 5.74) is 0.873. The van der Waals surface area contributed by atoms with Crippen LogP contribution in [0.1, 0.15) is 44.9 Å². The molecule has 1 aliphatic rings. The summed E-state index contributed by atoms with van der Waals surface area (Å²) in [6.07, 6.45) is 6.11. The molecular formula is C20H27FN4O2. The van der Waals surface area contributed by atoms with E-state index < -0.39 is 0 Å². The minimum absolute atomic E-state index is 0.141. The van der Waals surface area contributed by atoms with Crippen LogP contribution >= 0.6 is 0 Å². The van der Waals surface area contributed by atoms with E-state index in [1.54, 1.807) is 18.3 Å². The molecule has 146 valence electrons. The second kappa shape index (κ2) is 8.99. The maximum Gasteiger partial charge on any atom is 0.226 e. The Morgan fingerprint density at radius 3 is 3.00 bits per heavy atom. The van der Waals surface area contributed by atoms with E-state index in [1.807, 2.05) is 10.8 Å². The first-order valence-electron chi connectivity index (χ1n) is 9.49. The van der Waals surface area contributed by atoms with E-state index >= 15 is 0 Å². The third kappa shape index (κ3) is 5.29. The molecule has 0 saturated carbocycles. The quantitative estimate of drug-likeness (QED) is 0.738. The van der Waals surface area contributed by atoms with E-state index in [2.05, 4.69) is 29.5 Å². The van der Waals surface area contributed by atoms with Gasteiger partial charge in [-0.1, -0.05) is 13.8 Å². The Hall–Kier alpha value is -2.41. The van der Waals surface area contributed by atoms with Crippen molar-refractivity contribution in [3.63, 3.8) is 0 Å². The zero-order valence-electron chi connectivity index (χ0n) is 15.9. The monoisotopic (exact) mass is 374 g/mol. The molecule has 6 nitrogen and oxygen atoms in total. The Morgan fingerprint density at radius 1 is 1.44 bits per heavy atom. The number of benzene rings is 1. The van der Waals surface area contributed by atoms with Gasteiger partial charge in [0.25, 0.3) is 0 Å². The Balaban J connectivity index is 1.50. The van der Waals surface area contributed by atoms with Crippen molar-refractivity contribution in [1.29, 1.82) is 0 Å². The predicted molar refractivity (Wildman–Crippen MR) is 103 cm³/mol. The molecule has 1 aromatic heterocycles. The van der Waals surface area contributed by atoms with Gasteiger partial charge in [0.05, 0.1) is 11.8 Å². The van der Waals surface area contributed by atoms with Crippen LogP contribution in [0.4, 0.5) is 15.8 Å². The fourth-order valence-corrected chi connectivity index (χ4v) is 3.22. The predicted octanol–water partition coefficient (Wildman–Crippen LogP) is 3.77. The van der Waals surface area contributed by atoms with Crippen molar-refractivity contribution in [3.8, 4) is 0 Å². The van der Waals surface area contributed by atoms with Crippen LogP contribution in [0.3, 0.4) is 0 Å². The van der Waals surface area contributed by atoms with Crippen molar-refractivity contribution in [2.24, 2.45) is 0 Å². The lowest BCUT2D eigenvalue weighted by Crippen LogP contribution is -2.19. The van der Waals surface area contributed by atoms with E-state index in [0.29, 0.717) is 36.8 Å². The minimum atomic E-state index is -0.387. The first-order valence-corrected chi connectivity index (χ1v) is 9.49. The second-order valence-electron chi connectivity index (χ2n) is 7.14. The zero-order chi connectivity index (χ0) is 19.2. The standard InChI is InChI=1S/C20H27FN4O2/c1-14(2)20-22-8-10-25(20)9-7-19(26)24-15-5-6-18(17(21)12-15)23-13-16-4-3-11-27-16/h5-6,8,10,12,14,16,23H,3-4,7,9,11,13H2,1-2H3,(H,24,26). The molecule has 1 fully saturated rings. The third-order valence-corrected chi connectivity index (χ3v) is 4.64. The molecule has 2 aromatic rings. The number of carbonyl (C=O) groups excluding carboxylic acids is 1. The summed E-state index contributed by atoms with van der Waals surface area (Å²) < 4.78 is 21.8. The van der Waals surface area contributed by atoms with Gasteiger partial charge in [-0.25, -0.2) is 9.37 Å². The molecular weight excluding hydrogens is 347 g/mol. The number of carbonyl (C=O) groups is 1. The van der Waals surface area contributed by atoms with Crippen LogP contribution in [0.25, 0.3) is 0 Å². The van der Waals surface area contributed by atoms with Crippen molar-refractivity contribution in [3.05, 3.63) is 42.2 Å². The Morgan fingerprint density at radius 2 is 2.30 bits per heavy atom. The average molecular weight is 374 g/mol. The topological polar surface area (TPSA) is 68.2 Å². The maximum atomic E-state index is 14.3. The number of halogens is 1. The van der Waals surface area contributed by atoms with Crippen LogP contribution < -0.4 is 10.6 Å². The lowest BCUT2D eigenvalue weighted by Gasteiger charge is -2.14. The normalized spacial score (nSPS) is 16.7. The summed E-state index contributed by atoms with van der Waals surface area (Å²) in [5.74, 6) is 0.711. The van der Waals surface area contributed by atoms with Gasteiger partial charge in [-0.15, -0.1) is 0 Å². The molecule has 1 aromatic carbocycles. The highest BCUT2D eigenvalue weighted by atomic mass is 19.1. The lowest BCUT2D eigenvalue weighted by atomic mass is 10.2. The average Bonchev–Trinajstić information content (AvgIpc) is 3.31. The molecule has 0 bridgehead atoms. The molecule has 27 heavy (non-hydrogen) atoms. The highest BCUT2D eigenvalue weighted by molar-refractivity contribution is 5.90. The van der Waals surface area contributed by atoms with Gasteiger partial charge < -0.3 is 19.9 Å². The maximum absolute atomic E-state index is 14.3. The molecule has 1 atom stereocenters. The molecule has 7 heteroatoms. The van der Waals surface area contributed by atoms with Crippen molar-refractivity contribution in [1.82, 2.24) is 9.55 Å². The fraction of sp³-hybridized carbons (Fsp3) is 0.500. The number of anilines is 2. The van der Waals surface area contributed by atoms with Crippen LogP contribution in [-0.4, -0.2) is 34.7 Å². The molecule has 1 saturated heterocycles. The molecule has 1 amide bonds. The molecule has 2 heterocycles.